The smallest absolute Gasteiger partial charge is 0.248 e. The number of carbonyl (C=O) groups excluding carboxylic acids is 2. The quantitative estimate of drug-likeness (QED) is 0.211. The summed E-state index contributed by atoms with van der Waals surface area (Å²) in [6, 6.07) is 24.6. The molecule has 0 bridgehead atoms. The first-order chi connectivity index (χ1) is 17.1. The Kier molecular flexibility index (Phi) is 8.32. The normalized spacial score (nSPS) is 10.8. The van der Waals surface area contributed by atoms with Crippen molar-refractivity contribution in [1.29, 1.82) is 0 Å². The third kappa shape index (κ3) is 7.30. The number of carbonyl (C=O) groups is 2. The first-order valence-electron chi connectivity index (χ1n) is 10.8. The first-order valence-corrected chi connectivity index (χ1v) is 12.6. The second-order valence-corrected chi connectivity index (χ2v) is 9.27. The van der Waals surface area contributed by atoms with Crippen LogP contribution in [0.3, 0.4) is 0 Å². The number of rotatable bonds is 9. The highest BCUT2D eigenvalue weighted by atomic mass is 32.2. The molecule has 0 fully saturated rings. The van der Waals surface area contributed by atoms with Gasteiger partial charge in [0.05, 0.1) is 18.6 Å². The molecule has 3 aromatic carbocycles. The summed E-state index contributed by atoms with van der Waals surface area (Å²) >= 11 is 2.77. The molecule has 4 aromatic rings. The number of amides is 2. The largest absolute Gasteiger partial charge is 0.497 e. The molecule has 2 N–H and O–H groups in total. The summed E-state index contributed by atoms with van der Waals surface area (Å²) in [6.45, 7) is 0. The highest BCUT2D eigenvalue weighted by Gasteiger charge is 2.09. The van der Waals surface area contributed by atoms with Crippen LogP contribution < -0.4 is 15.4 Å². The fraction of sp³-hybridized carbons (Fsp3) is 0.0741. The molecule has 0 saturated carbocycles. The maximum absolute atomic E-state index is 12.4. The van der Waals surface area contributed by atoms with Crippen LogP contribution in [0.2, 0.25) is 0 Å². The van der Waals surface area contributed by atoms with E-state index in [1.165, 1.54) is 29.2 Å². The number of thioether (sulfide) groups is 1. The Morgan fingerprint density at radius 1 is 1.00 bits per heavy atom. The Balaban J connectivity index is 1.27. The fourth-order valence-electron chi connectivity index (χ4n) is 3.11. The van der Waals surface area contributed by atoms with Crippen molar-refractivity contribution in [2.45, 2.75) is 4.90 Å². The summed E-state index contributed by atoms with van der Waals surface area (Å²) in [5, 5.41) is 8.15. The van der Waals surface area contributed by atoms with E-state index in [4.69, 9.17) is 4.74 Å². The zero-order chi connectivity index (χ0) is 24.5. The predicted molar refractivity (Wildman–Crippen MR) is 144 cm³/mol. The van der Waals surface area contributed by atoms with E-state index in [9.17, 15) is 9.59 Å². The van der Waals surface area contributed by atoms with Gasteiger partial charge in [-0.05, 0) is 54.1 Å². The van der Waals surface area contributed by atoms with Gasteiger partial charge in [-0.3, -0.25) is 9.59 Å². The molecule has 0 radical (unpaired) electrons. The minimum absolute atomic E-state index is 0.147. The van der Waals surface area contributed by atoms with Gasteiger partial charge in [0, 0.05) is 27.6 Å². The van der Waals surface area contributed by atoms with Crippen LogP contribution in [-0.4, -0.2) is 29.7 Å². The van der Waals surface area contributed by atoms with E-state index in [-0.39, 0.29) is 17.6 Å². The topological polar surface area (TPSA) is 80.3 Å². The molecule has 0 aliphatic carbocycles. The molecule has 0 atom stereocenters. The zero-order valence-electron chi connectivity index (χ0n) is 18.9. The second kappa shape index (κ2) is 12.0. The molecule has 35 heavy (non-hydrogen) atoms. The number of thiazole rings is 1. The molecule has 1 aromatic heterocycles. The molecule has 0 spiro atoms. The molecule has 0 saturated heterocycles. The average molecular weight is 502 g/mol. The Morgan fingerprint density at radius 2 is 1.80 bits per heavy atom. The van der Waals surface area contributed by atoms with E-state index in [0.717, 1.165) is 27.5 Å². The summed E-state index contributed by atoms with van der Waals surface area (Å²) in [6.07, 6.45) is 3.26. The highest BCUT2D eigenvalue weighted by molar-refractivity contribution is 8.00. The number of ether oxygens (including phenoxy) is 1. The number of hydrogen-bond donors (Lipinski definition) is 2. The van der Waals surface area contributed by atoms with Gasteiger partial charge in [0.2, 0.25) is 11.8 Å². The number of anilines is 2. The summed E-state index contributed by atoms with van der Waals surface area (Å²) in [5.41, 5.74) is 3.37. The van der Waals surface area contributed by atoms with Crippen LogP contribution in [0.15, 0.2) is 95.2 Å². The number of methoxy groups -OCH3 is 1. The summed E-state index contributed by atoms with van der Waals surface area (Å²) in [7, 11) is 1.63. The van der Waals surface area contributed by atoms with Gasteiger partial charge in [-0.15, -0.1) is 23.1 Å². The lowest BCUT2D eigenvalue weighted by Gasteiger charge is -2.06. The third-order valence-electron chi connectivity index (χ3n) is 4.83. The van der Waals surface area contributed by atoms with Gasteiger partial charge < -0.3 is 15.4 Å². The molecule has 0 aliphatic rings. The van der Waals surface area contributed by atoms with Crippen LogP contribution in [0, 0.1) is 0 Å². The minimum Gasteiger partial charge on any atom is -0.497 e. The Morgan fingerprint density at radius 3 is 2.57 bits per heavy atom. The van der Waals surface area contributed by atoms with E-state index in [2.05, 4.69) is 15.6 Å². The maximum atomic E-state index is 12.4. The van der Waals surface area contributed by atoms with Crippen molar-refractivity contribution in [2.24, 2.45) is 0 Å². The number of nitrogens with zero attached hydrogens (tertiary/aromatic N) is 1. The van der Waals surface area contributed by atoms with Crippen molar-refractivity contribution in [3.05, 3.63) is 95.9 Å². The van der Waals surface area contributed by atoms with Gasteiger partial charge in [-0.25, -0.2) is 4.98 Å². The molecular formula is C27H23N3O3S2. The number of benzene rings is 3. The van der Waals surface area contributed by atoms with Gasteiger partial charge in [0.25, 0.3) is 0 Å². The number of nitrogens with one attached hydrogen (secondary N) is 2. The molecule has 176 valence electrons. The SMILES string of the molecule is COc1ccc(-c2csc(NC(=O)CSc3cccc(NC(=O)/C=C/c4ccccc4)c3)n2)cc1. The van der Waals surface area contributed by atoms with Crippen molar-refractivity contribution in [3.8, 4) is 17.0 Å². The van der Waals surface area contributed by atoms with Crippen LogP contribution in [0.1, 0.15) is 5.56 Å². The molecular weight excluding hydrogens is 478 g/mol. The van der Waals surface area contributed by atoms with Gasteiger partial charge in [-0.1, -0.05) is 36.4 Å². The lowest BCUT2D eigenvalue weighted by Crippen LogP contribution is -2.13. The Hall–Kier alpha value is -3.88. The molecule has 8 heteroatoms. The Bertz CT molecular complexity index is 1320. The molecule has 2 amide bonds. The minimum atomic E-state index is -0.217. The van der Waals surface area contributed by atoms with Gasteiger partial charge in [0.15, 0.2) is 5.13 Å². The monoisotopic (exact) mass is 501 g/mol. The van der Waals surface area contributed by atoms with Crippen molar-refractivity contribution < 1.29 is 14.3 Å². The fourth-order valence-corrected chi connectivity index (χ4v) is 4.60. The maximum Gasteiger partial charge on any atom is 0.248 e. The predicted octanol–water partition coefficient (Wildman–Crippen LogP) is 6.20. The van der Waals surface area contributed by atoms with Crippen LogP contribution >= 0.6 is 23.1 Å². The molecule has 0 unspecified atom stereocenters. The Labute approximate surface area is 212 Å². The number of hydrogen-bond acceptors (Lipinski definition) is 6. The zero-order valence-corrected chi connectivity index (χ0v) is 20.6. The molecule has 1 heterocycles. The lowest BCUT2D eigenvalue weighted by atomic mass is 10.2. The van der Waals surface area contributed by atoms with Crippen LogP contribution in [0.5, 0.6) is 5.75 Å². The van der Waals surface area contributed by atoms with Gasteiger partial charge >= 0.3 is 0 Å². The summed E-state index contributed by atoms with van der Waals surface area (Å²) in [4.78, 5) is 30.0. The number of aromatic nitrogens is 1. The second-order valence-electron chi connectivity index (χ2n) is 7.36. The van der Waals surface area contributed by atoms with Crippen molar-refractivity contribution >= 4 is 51.8 Å². The standard InChI is InChI=1S/C27H23N3O3S2/c1-33-22-13-11-20(12-14-22)24-17-35-27(29-24)30-26(32)18-34-23-9-5-8-21(16-23)28-25(31)15-10-19-6-3-2-4-7-19/h2-17H,18H2,1H3,(H,28,31)(H,29,30,32)/b15-10+. The van der Waals surface area contributed by atoms with E-state index in [1.807, 2.05) is 84.2 Å². The van der Waals surface area contributed by atoms with Crippen molar-refractivity contribution in [2.75, 3.05) is 23.5 Å². The van der Waals surface area contributed by atoms with Crippen molar-refractivity contribution in [1.82, 2.24) is 4.98 Å². The van der Waals surface area contributed by atoms with Crippen LogP contribution in [0.4, 0.5) is 10.8 Å². The molecule has 0 aliphatic heterocycles. The lowest BCUT2D eigenvalue weighted by molar-refractivity contribution is -0.114. The highest BCUT2D eigenvalue weighted by Crippen LogP contribution is 2.27. The molecule has 4 rings (SSSR count). The average Bonchev–Trinajstić information content (AvgIpc) is 3.35. The third-order valence-corrected chi connectivity index (χ3v) is 6.59. The van der Waals surface area contributed by atoms with Crippen LogP contribution in [0.25, 0.3) is 17.3 Å². The van der Waals surface area contributed by atoms with Crippen molar-refractivity contribution in [3.63, 3.8) is 0 Å². The van der Waals surface area contributed by atoms with Gasteiger partial charge in [0.1, 0.15) is 5.75 Å². The molecule has 6 nitrogen and oxygen atoms in total. The summed E-state index contributed by atoms with van der Waals surface area (Å²) < 4.78 is 5.18. The van der Waals surface area contributed by atoms with E-state index >= 15 is 0 Å². The van der Waals surface area contributed by atoms with Crippen LogP contribution in [-0.2, 0) is 9.59 Å². The van der Waals surface area contributed by atoms with E-state index in [1.54, 1.807) is 13.2 Å². The first kappa shape index (κ1) is 24.3. The van der Waals surface area contributed by atoms with E-state index in [0.29, 0.717) is 10.8 Å². The van der Waals surface area contributed by atoms with Gasteiger partial charge in [-0.2, -0.15) is 0 Å². The van der Waals surface area contributed by atoms with E-state index < -0.39 is 0 Å². The summed E-state index contributed by atoms with van der Waals surface area (Å²) in [5.74, 6) is 0.640.